The van der Waals surface area contributed by atoms with E-state index in [0.717, 1.165) is 16.9 Å². The molecule has 0 spiro atoms. The Labute approximate surface area is 113 Å². The lowest BCUT2D eigenvalue weighted by molar-refractivity contribution is 0.757. The van der Waals surface area contributed by atoms with Gasteiger partial charge in [0.2, 0.25) is 0 Å². The van der Waals surface area contributed by atoms with Crippen molar-refractivity contribution in [2.24, 2.45) is 7.05 Å². The molecule has 0 saturated carbocycles. The van der Waals surface area contributed by atoms with Gasteiger partial charge in [-0.3, -0.25) is 4.68 Å². The second kappa shape index (κ2) is 5.02. The van der Waals surface area contributed by atoms with E-state index < -0.39 is 0 Å². The molecule has 0 fully saturated rings. The van der Waals surface area contributed by atoms with E-state index >= 15 is 0 Å². The summed E-state index contributed by atoms with van der Waals surface area (Å²) in [6, 6.07) is 6.38. The third kappa shape index (κ3) is 2.51. The van der Waals surface area contributed by atoms with Crippen molar-refractivity contribution in [1.29, 1.82) is 0 Å². The number of hydrogen-bond acceptors (Lipinski definition) is 2. The summed E-state index contributed by atoms with van der Waals surface area (Å²) in [6.45, 7) is 6.86. The van der Waals surface area contributed by atoms with Crippen molar-refractivity contribution in [2.45, 2.75) is 27.3 Å². The van der Waals surface area contributed by atoms with Crippen LogP contribution in [0, 0.1) is 20.8 Å². The highest BCUT2D eigenvalue weighted by Crippen LogP contribution is 2.22. The Kier molecular flexibility index (Phi) is 3.62. The van der Waals surface area contributed by atoms with Crippen LogP contribution in [0.2, 0.25) is 5.15 Å². The highest BCUT2D eigenvalue weighted by atomic mass is 35.5. The van der Waals surface area contributed by atoms with Gasteiger partial charge >= 0.3 is 0 Å². The smallest absolute Gasteiger partial charge is 0.131 e. The number of nitrogens with one attached hydrogen (secondary N) is 1. The molecule has 0 bridgehead atoms. The average Bonchev–Trinajstić information content (AvgIpc) is 2.55. The molecule has 1 aromatic carbocycles. The van der Waals surface area contributed by atoms with Crippen molar-refractivity contribution in [3.63, 3.8) is 0 Å². The molecule has 18 heavy (non-hydrogen) atoms. The molecule has 1 N–H and O–H groups in total. The zero-order chi connectivity index (χ0) is 13.3. The molecular weight excluding hydrogens is 246 g/mol. The van der Waals surface area contributed by atoms with Crippen molar-refractivity contribution >= 4 is 17.3 Å². The maximum atomic E-state index is 6.21. The van der Waals surface area contributed by atoms with E-state index in [9.17, 15) is 0 Å². The maximum absolute atomic E-state index is 6.21. The number of halogens is 1. The Morgan fingerprint density at radius 1 is 1.28 bits per heavy atom. The fourth-order valence-electron chi connectivity index (χ4n) is 1.98. The quantitative estimate of drug-likeness (QED) is 0.917. The van der Waals surface area contributed by atoms with Crippen LogP contribution in [0.3, 0.4) is 0 Å². The van der Waals surface area contributed by atoms with E-state index in [4.69, 9.17) is 11.6 Å². The van der Waals surface area contributed by atoms with Crippen molar-refractivity contribution in [2.75, 3.05) is 5.32 Å². The van der Waals surface area contributed by atoms with Crippen LogP contribution >= 0.6 is 11.6 Å². The van der Waals surface area contributed by atoms with Crippen molar-refractivity contribution < 1.29 is 0 Å². The van der Waals surface area contributed by atoms with Crippen LogP contribution in [0.1, 0.15) is 22.4 Å². The largest absolute Gasteiger partial charge is 0.381 e. The van der Waals surface area contributed by atoms with Crippen LogP contribution in [0.15, 0.2) is 18.2 Å². The summed E-state index contributed by atoms with van der Waals surface area (Å²) in [5.41, 5.74) is 5.66. The number of nitrogens with zero attached hydrogens (tertiary/aromatic N) is 2. The summed E-state index contributed by atoms with van der Waals surface area (Å²) in [5.74, 6) is 0. The topological polar surface area (TPSA) is 29.9 Å². The molecule has 1 heterocycles. The Morgan fingerprint density at radius 2 is 2.00 bits per heavy atom. The average molecular weight is 264 g/mol. The lowest BCUT2D eigenvalue weighted by Gasteiger charge is -2.10. The first-order chi connectivity index (χ1) is 8.49. The third-order valence-corrected chi connectivity index (χ3v) is 3.59. The van der Waals surface area contributed by atoms with Crippen molar-refractivity contribution in [1.82, 2.24) is 9.78 Å². The first kappa shape index (κ1) is 13.0. The number of aryl methyl sites for hydroxylation is 4. The minimum Gasteiger partial charge on any atom is -0.381 e. The molecule has 0 radical (unpaired) electrons. The fraction of sp³-hybridized carbons (Fsp3) is 0.357. The molecule has 0 amide bonds. The Balaban J connectivity index is 2.19. The highest BCUT2D eigenvalue weighted by molar-refractivity contribution is 6.30. The second-order valence-corrected chi connectivity index (χ2v) is 5.01. The van der Waals surface area contributed by atoms with Crippen LogP contribution in [-0.4, -0.2) is 9.78 Å². The summed E-state index contributed by atoms with van der Waals surface area (Å²) < 4.78 is 1.71. The van der Waals surface area contributed by atoms with Gasteiger partial charge in [0.05, 0.1) is 5.69 Å². The van der Waals surface area contributed by atoms with Gasteiger partial charge < -0.3 is 5.32 Å². The molecule has 96 valence electrons. The predicted molar refractivity (Wildman–Crippen MR) is 76.2 cm³/mol. The van der Waals surface area contributed by atoms with Gasteiger partial charge in [0.15, 0.2) is 0 Å². The molecule has 2 rings (SSSR count). The normalized spacial score (nSPS) is 10.7. The molecule has 0 aliphatic rings. The zero-order valence-electron chi connectivity index (χ0n) is 11.2. The predicted octanol–water partition coefficient (Wildman–Crippen LogP) is 3.61. The highest BCUT2D eigenvalue weighted by Gasteiger charge is 2.11. The van der Waals surface area contributed by atoms with E-state index in [1.54, 1.807) is 4.68 Å². The van der Waals surface area contributed by atoms with Crippen molar-refractivity contribution in [3.8, 4) is 0 Å². The summed E-state index contributed by atoms with van der Waals surface area (Å²) >= 11 is 6.21. The van der Waals surface area contributed by atoms with Crippen molar-refractivity contribution in [3.05, 3.63) is 45.7 Å². The standard InChI is InChI=1S/C14H18ClN3/c1-9-5-6-10(2)13(7-9)16-8-12-11(3)17-18(4)14(12)15/h5-7,16H,8H2,1-4H3. The minimum absolute atomic E-state index is 0.697. The molecule has 0 atom stereocenters. The van der Waals surface area contributed by atoms with Crippen LogP contribution in [-0.2, 0) is 13.6 Å². The van der Waals surface area contributed by atoms with Crippen LogP contribution < -0.4 is 5.32 Å². The van der Waals surface area contributed by atoms with E-state index in [1.165, 1.54) is 11.1 Å². The molecule has 1 aromatic heterocycles. The molecule has 0 unspecified atom stereocenters. The first-order valence-electron chi connectivity index (χ1n) is 5.98. The molecule has 0 aliphatic heterocycles. The number of rotatable bonds is 3. The molecule has 0 aliphatic carbocycles. The SMILES string of the molecule is Cc1ccc(C)c(NCc2c(C)nn(C)c2Cl)c1. The van der Waals surface area contributed by atoms with E-state index in [-0.39, 0.29) is 0 Å². The van der Waals surface area contributed by atoms with Gasteiger partial charge in [0, 0.05) is 24.8 Å². The van der Waals surface area contributed by atoms with Gasteiger partial charge in [0.25, 0.3) is 0 Å². The molecule has 2 aromatic rings. The minimum atomic E-state index is 0.697. The third-order valence-electron chi connectivity index (χ3n) is 3.12. The maximum Gasteiger partial charge on any atom is 0.131 e. The van der Waals surface area contributed by atoms with E-state index in [2.05, 4.69) is 42.5 Å². The van der Waals surface area contributed by atoms with Gasteiger partial charge in [-0.1, -0.05) is 23.7 Å². The van der Waals surface area contributed by atoms with E-state index in [0.29, 0.717) is 11.7 Å². The van der Waals surface area contributed by atoms with Gasteiger partial charge in [0.1, 0.15) is 5.15 Å². The van der Waals surface area contributed by atoms with Crippen LogP contribution in [0.5, 0.6) is 0 Å². The molecule has 3 nitrogen and oxygen atoms in total. The lowest BCUT2D eigenvalue weighted by Crippen LogP contribution is -2.02. The summed E-state index contributed by atoms with van der Waals surface area (Å²) in [4.78, 5) is 0. The molecule has 0 saturated heterocycles. The number of benzene rings is 1. The molecule has 4 heteroatoms. The Hall–Kier alpha value is -1.48. The van der Waals surface area contributed by atoms with Gasteiger partial charge in [-0.15, -0.1) is 0 Å². The Bertz CT molecular complexity index is 573. The summed E-state index contributed by atoms with van der Waals surface area (Å²) in [5, 5.41) is 8.43. The van der Waals surface area contributed by atoms with Crippen LogP contribution in [0.4, 0.5) is 5.69 Å². The second-order valence-electron chi connectivity index (χ2n) is 4.65. The first-order valence-corrected chi connectivity index (χ1v) is 6.36. The van der Waals surface area contributed by atoms with Crippen LogP contribution in [0.25, 0.3) is 0 Å². The molecular formula is C14H18ClN3. The monoisotopic (exact) mass is 263 g/mol. The van der Waals surface area contributed by atoms with Gasteiger partial charge in [-0.2, -0.15) is 5.10 Å². The number of hydrogen-bond donors (Lipinski definition) is 1. The lowest BCUT2D eigenvalue weighted by atomic mass is 10.1. The fourth-order valence-corrected chi connectivity index (χ4v) is 2.23. The summed E-state index contributed by atoms with van der Waals surface area (Å²) in [7, 11) is 1.86. The number of aromatic nitrogens is 2. The number of anilines is 1. The van der Waals surface area contributed by atoms with E-state index in [1.807, 2.05) is 14.0 Å². The summed E-state index contributed by atoms with van der Waals surface area (Å²) in [6.07, 6.45) is 0. The van der Waals surface area contributed by atoms with Gasteiger partial charge in [-0.25, -0.2) is 0 Å². The zero-order valence-corrected chi connectivity index (χ0v) is 12.0. The Morgan fingerprint density at radius 3 is 2.61 bits per heavy atom. The van der Waals surface area contributed by atoms with Gasteiger partial charge in [-0.05, 0) is 38.0 Å².